The molecule has 3 heteroatoms. The molecule has 1 aromatic carbocycles. The number of hydrogen-bond acceptors (Lipinski definition) is 2. The predicted octanol–water partition coefficient (Wildman–Crippen LogP) is 1.87. The molecule has 1 heterocycles. The highest BCUT2D eigenvalue weighted by molar-refractivity contribution is 5.95. The molecule has 0 bridgehead atoms. The summed E-state index contributed by atoms with van der Waals surface area (Å²) in [5.74, 6) is 0. The molecule has 0 unspecified atom stereocenters. The molecule has 0 atom stereocenters. The van der Waals surface area contributed by atoms with Crippen LogP contribution in [0.4, 0.5) is 0 Å². The summed E-state index contributed by atoms with van der Waals surface area (Å²) in [5.41, 5.74) is 1.45. The summed E-state index contributed by atoms with van der Waals surface area (Å²) < 4.78 is 1.83. The summed E-state index contributed by atoms with van der Waals surface area (Å²) >= 11 is 0. The number of aromatic nitrogens is 2. The second kappa shape index (κ2) is 3.01. The fourth-order valence-electron chi connectivity index (χ4n) is 1.37. The van der Waals surface area contributed by atoms with E-state index >= 15 is 0 Å². The molecule has 0 saturated carbocycles. The van der Waals surface area contributed by atoms with Crippen molar-refractivity contribution < 1.29 is 4.79 Å². The van der Waals surface area contributed by atoms with Gasteiger partial charge in [0.05, 0.1) is 0 Å². The standard InChI is InChI=1S/C10H10N2O/c1-2-12-6-8-4-3-5-9(7-13)10(8)11-12/h3-7H,2H2,1H3. The van der Waals surface area contributed by atoms with Crippen LogP contribution in [0.15, 0.2) is 24.4 Å². The minimum Gasteiger partial charge on any atom is -0.298 e. The van der Waals surface area contributed by atoms with Crippen molar-refractivity contribution in [3.63, 3.8) is 0 Å². The lowest BCUT2D eigenvalue weighted by Crippen LogP contribution is -1.93. The van der Waals surface area contributed by atoms with Crippen molar-refractivity contribution in [2.75, 3.05) is 0 Å². The molecular formula is C10H10N2O. The van der Waals surface area contributed by atoms with Crippen LogP contribution in [-0.4, -0.2) is 16.1 Å². The van der Waals surface area contributed by atoms with Crippen LogP contribution in [0.2, 0.25) is 0 Å². The normalized spacial score (nSPS) is 10.5. The molecular weight excluding hydrogens is 164 g/mol. The van der Waals surface area contributed by atoms with Gasteiger partial charge in [-0.05, 0) is 13.0 Å². The Morgan fingerprint density at radius 1 is 1.54 bits per heavy atom. The summed E-state index contributed by atoms with van der Waals surface area (Å²) in [6.45, 7) is 2.85. The lowest BCUT2D eigenvalue weighted by Gasteiger charge is -1.90. The van der Waals surface area contributed by atoms with E-state index in [1.54, 1.807) is 6.07 Å². The zero-order chi connectivity index (χ0) is 9.26. The van der Waals surface area contributed by atoms with Gasteiger partial charge in [0.15, 0.2) is 6.29 Å². The smallest absolute Gasteiger partial charge is 0.152 e. The van der Waals surface area contributed by atoms with E-state index in [0.29, 0.717) is 5.56 Å². The molecule has 0 saturated heterocycles. The van der Waals surface area contributed by atoms with Gasteiger partial charge in [-0.2, -0.15) is 5.10 Å². The van der Waals surface area contributed by atoms with Gasteiger partial charge in [-0.3, -0.25) is 9.48 Å². The van der Waals surface area contributed by atoms with Gasteiger partial charge in [-0.15, -0.1) is 0 Å². The maximum absolute atomic E-state index is 10.7. The highest BCUT2D eigenvalue weighted by Crippen LogP contribution is 2.15. The van der Waals surface area contributed by atoms with Crippen LogP contribution in [0.3, 0.4) is 0 Å². The molecule has 3 nitrogen and oxygen atoms in total. The first-order chi connectivity index (χ1) is 6.35. The lowest BCUT2D eigenvalue weighted by molar-refractivity contribution is 0.112. The largest absolute Gasteiger partial charge is 0.298 e. The summed E-state index contributed by atoms with van der Waals surface area (Å²) in [5, 5.41) is 5.31. The maximum Gasteiger partial charge on any atom is 0.152 e. The highest BCUT2D eigenvalue weighted by atomic mass is 16.1. The minimum atomic E-state index is 0.657. The van der Waals surface area contributed by atoms with Crippen molar-refractivity contribution in [2.45, 2.75) is 13.5 Å². The SMILES string of the molecule is CCn1cc2cccc(C=O)c2n1. The number of fused-ring (bicyclic) bond motifs is 1. The Balaban J connectivity index is 2.74. The van der Waals surface area contributed by atoms with Crippen LogP contribution in [-0.2, 0) is 6.54 Å². The molecule has 0 aliphatic heterocycles. The van der Waals surface area contributed by atoms with E-state index in [1.807, 2.05) is 29.9 Å². The van der Waals surface area contributed by atoms with Crippen LogP contribution >= 0.6 is 0 Å². The van der Waals surface area contributed by atoms with E-state index in [1.165, 1.54) is 0 Å². The third-order valence-electron chi connectivity index (χ3n) is 2.07. The average molecular weight is 174 g/mol. The first kappa shape index (κ1) is 7.98. The Morgan fingerprint density at radius 3 is 3.08 bits per heavy atom. The van der Waals surface area contributed by atoms with Crippen LogP contribution in [0, 0.1) is 0 Å². The molecule has 0 aliphatic rings. The Labute approximate surface area is 76.0 Å². The van der Waals surface area contributed by atoms with Crippen molar-refractivity contribution in [3.05, 3.63) is 30.0 Å². The second-order valence-electron chi connectivity index (χ2n) is 2.89. The predicted molar refractivity (Wildman–Crippen MR) is 50.8 cm³/mol. The molecule has 0 N–H and O–H groups in total. The van der Waals surface area contributed by atoms with Crippen molar-refractivity contribution >= 4 is 17.2 Å². The number of carbonyl (C=O) groups is 1. The molecule has 0 fully saturated rings. The second-order valence-corrected chi connectivity index (χ2v) is 2.89. The highest BCUT2D eigenvalue weighted by Gasteiger charge is 2.03. The third-order valence-corrected chi connectivity index (χ3v) is 2.07. The number of nitrogens with zero attached hydrogens (tertiary/aromatic N) is 2. The molecule has 13 heavy (non-hydrogen) atoms. The minimum absolute atomic E-state index is 0.657. The third kappa shape index (κ3) is 1.22. The van der Waals surface area contributed by atoms with E-state index in [2.05, 4.69) is 5.10 Å². The van der Waals surface area contributed by atoms with Crippen molar-refractivity contribution in [1.82, 2.24) is 9.78 Å². The van der Waals surface area contributed by atoms with Crippen LogP contribution in [0.25, 0.3) is 10.9 Å². The van der Waals surface area contributed by atoms with Crippen molar-refractivity contribution in [3.8, 4) is 0 Å². The van der Waals surface area contributed by atoms with Gasteiger partial charge in [0.25, 0.3) is 0 Å². The van der Waals surface area contributed by atoms with Gasteiger partial charge >= 0.3 is 0 Å². The van der Waals surface area contributed by atoms with Crippen molar-refractivity contribution in [2.24, 2.45) is 0 Å². The molecule has 2 aromatic rings. The van der Waals surface area contributed by atoms with Crippen LogP contribution < -0.4 is 0 Å². The summed E-state index contributed by atoms with van der Waals surface area (Å²) in [7, 11) is 0. The van der Waals surface area contributed by atoms with Gasteiger partial charge in [-0.1, -0.05) is 12.1 Å². The zero-order valence-corrected chi connectivity index (χ0v) is 7.40. The number of rotatable bonds is 2. The first-order valence-electron chi connectivity index (χ1n) is 4.26. The molecule has 1 aromatic heterocycles. The van der Waals surface area contributed by atoms with Crippen LogP contribution in [0.5, 0.6) is 0 Å². The lowest BCUT2D eigenvalue weighted by atomic mass is 10.2. The number of aldehydes is 1. The Bertz CT molecular complexity index is 445. The molecule has 66 valence electrons. The fourth-order valence-corrected chi connectivity index (χ4v) is 1.37. The summed E-state index contributed by atoms with van der Waals surface area (Å²) in [4.78, 5) is 10.7. The van der Waals surface area contributed by atoms with Gasteiger partial charge in [0, 0.05) is 23.7 Å². The topological polar surface area (TPSA) is 34.9 Å². The number of aryl methyl sites for hydroxylation is 1. The molecule has 0 radical (unpaired) electrons. The summed E-state index contributed by atoms with van der Waals surface area (Å²) in [6, 6.07) is 5.61. The van der Waals surface area contributed by atoms with Crippen molar-refractivity contribution in [1.29, 1.82) is 0 Å². The quantitative estimate of drug-likeness (QED) is 0.651. The number of benzene rings is 1. The van der Waals surface area contributed by atoms with E-state index in [4.69, 9.17) is 0 Å². The number of carbonyl (C=O) groups excluding carboxylic acids is 1. The Morgan fingerprint density at radius 2 is 2.38 bits per heavy atom. The van der Waals surface area contributed by atoms with Gasteiger partial charge in [-0.25, -0.2) is 0 Å². The Kier molecular flexibility index (Phi) is 1.85. The molecule has 0 aliphatic carbocycles. The fraction of sp³-hybridized carbons (Fsp3) is 0.200. The first-order valence-corrected chi connectivity index (χ1v) is 4.26. The van der Waals surface area contributed by atoms with Gasteiger partial charge in [0.1, 0.15) is 5.52 Å². The monoisotopic (exact) mass is 174 g/mol. The van der Waals surface area contributed by atoms with E-state index in [-0.39, 0.29) is 0 Å². The average Bonchev–Trinajstić information content (AvgIpc) is 2.59. The van der Waals surface area contributed by atoms with Crippen LogP contribution in [0.1, 0.15) is 17.3 Å². The molecule has 0 spiro atoms. The maximum atomic E-state index is 10.7. The number of hydrogen-bond donors (Lipinski definition) is 0. The molecule has 0 amide bonds. The van der Waals surface area contributed by atoms with E-state index in [0.717, 1.165) is 23.7 Å². The summed E-state index contributed by atoms with van der Waals surface area (Å²) in [6.07, 6.45) is 2.79. The van der Waals surface area contributed by atoms with Gasteiger partial charge in [0.2, 0.25) is 0 Å². The van der Waals surface area contributed by atoms with E-state index < -0.39 is 0 Å². The zero-order valence-electron chi connectivity index (χ0n) is 7.40. The van der Waals surface area contributed by atoms with E-state index in [9.17, 15) is 4.79 Å². The Hall–Kier alpha value is -1.64. The van der Waals surface area contributed by atoms with Gasteiger partial charge < -0.3 is 0 Å². The molecule has 2 rings (SSSR count).